The van der Waals surface area contributed by atoms with E-state index in [4.69, 9.17) is 0 Å². The molecule has 156 valence electrons. The van der Waals surface area contributed by atoms with Crippen LogP contribution in [0.25, 0.3) is 0 Å². The topological polar surface area (TPSA) is 70.7 Å². The van der Waals surface area contributed by atoms with E-state index in [1.807, 2.05) is 35.2 Å². The second-order valence-electron chi connectivity index (χ2n) is 6.40. The lowest BCUT2D eigenvalue weighted by atomic mass is 10.2. The van der Waals surface area contributed by atoms with Gasteiger partial charge in [-0.1, -0.05) is 42.5 Å². The highest BCUT2D eigenvalue weighted by molar-refractivity contribution is 5.94. The Morgan fingerprint density at radius 1 is 1.00 bits per heavy atom. The number of hydrogen-bond acceptors (Lipinski definition) is 4. The summed E-state index contributed by atoms with van der Waals surface area (Å²) in [6.07, 6.45) is -4.62. The van der Waals surface area contributed by atoms with Crippen molar-refractivity contribution in [1.29, 1.82) is 0 Å². The molecule has 0 heterocycles. The molecule has 0 saturated heterocycles. The van der Waals surface area contributed by atoms with E-state index in [0.29, 0.717) is 19.6 Å². The first-order valence-electron chi connectivity index (χ1n) is 8.86. The van der Waals surface area contributed by atoms with Crippen LogP contribution in [0.4, 0.5) is 18.0 Å². The summed E-state index contributed by atoms with van der Waals surface area (Å²) in [5.41, 5.74) is 1.68. The van der Waals surface area contributed by atoms with Crippen molar-refractivity contribution in [2.24, 2.45) is 0 Å². The van der Waals surface area contributed by atoms with Gasteiger partial charge >= 0.3 is 12.4 Å². The first-order chi connectivity index (χ1) is 13.7. The summed E-state index contributed by atoms with van der Waals surface area (Å²) >= 11 is 0. The Balaban J connectivity index is 1.68. The fraction of sp³-hybridized carbons (Fsp3) is 0.300. The Bertz CT molecular complexity index is 796. The molecule has 2 aromatic rings. The van der Waals surface area contributed by atoms with Gasteiger partial charge in [0.25, 0.3) is 0 Å². The summed E-state index contributed by atoms with van der Waals surface area (Å²) in [5, 5.41) is 4.86. The number of nitrogens with zero attached hydrogens (tertiary/aromatic N) is 1. The number of hydrogen-bond donors (Lipinski definition) is 2. The summed E-state index contributed by atoms with van der Waals surface area (Å²) in [6.45, 7) is 1.12. The van der Waals surface area contributed by atoms with Crippen LogP contribution in [0.5, 0.6) is 5.75 Å². The van der Waals surface area contributed by atoms with Crippen LogP contribution in [0.2, 0.25) is 0 Å². The fourth-order valence-corrected chi connectivity index (χ4v) is 2.49. The molecular weight excluding hydrogens is 387 g/mol. The molecule has 0 aromatic heterocycles. The molecule has 0 bridgehead atoms. The number of ether oxygens (including phenoxy) is 1. The molecule has 29 heavy (non-hydrogen) atoms. The quantitative estimate of drug-likeness (QED) is 0.701. The summed E-state index contributed by atoms with van der Waals surface area (Å²) in [6, 6.07) is 14.2. The molecule has 0 unspecified atom stereocenters. The highest BCUT2D eigenvalue weighted by atomic mass is 19.4. The van der Waals surface area contributed by atoms with Crippen LogP contribution in [0.3, 0.4) is 0 Å². The molecule has 0 aliphatic rings. The van der Waals surface area contributed by atoms with E-state index in [1.165, 1.54) is 24.3 Å². The lowest BCUT2D eigenvalue weighted by molar-refractivity contribution is -0.274. The number of amides is 3. The van der Waals surface area contributed by atoms with Crippen molar-refractivity contribution in [2.75, 3.05) is 13.6 Å². The predicted molar refractivity (Wildman–Crippen MR) is 101 cm³/mol. The molecule has 0 atom stereocenters. The average molecular weight is 409 g/mol. The molecule has 2 N–H and O–H groups in total. The maximum atomic E-state index is 12.2. The van der Waals surface area contributed by atoms with E-state index in [1.54, 1.807) is 7.05 Å². The number of urea groups is 1. The smallest absolute Gasteiger partial charge is 0.406 e. The number of carbonyl (C=O) groups is 2. The molecule has 0 saturated carbocycles. The van der Waals surface area contributed by atoms with Gasteiger partial charge in [0.2, 0.25) is 5.91 Å². The summed E-state index contributed by atoms with van der Waals surface area (Å²) in [5.74, 6) is -0.707. The average Bonchev–Trinajstić information content (AvgIpc) is 2.66. The molecule has 2 aromatic carbocycles. The third-order valence-corrected chi connectivity index (χ3v) is 3.88. The third-order valence-electron chi connectivity index (χ3n) is 3.88. The summed E-state index contributed by atoms with van der Waals surface area (Å²) in [4.78, 5) is 25.4. The first-order valence-corrected chi connectivity index (χ1v) is 8.86. The van der Waals surface area contributed by atoms with Crippen molar-refractivity contribution < 1.29 is 27.5 Å². The Kier molecular flexibility index (Phi) is 8.02. The maximum Gasteiger partial charge on any atom is 0.573 e. The molecular formula is C20H22F3N3O3. The Morgan fingerprint density at radius 2 is 1.66 bits per heavy atom. The Hall–Kier alpha value is -3.07. The number of nitrogens with one attached hydrogen (secondary N) is 2. The number of rotatable bonds is 8. The maximum absolute atomic E-state index is 12.2. The van der Waals surface area contributed by atoms with E-state index in [2.05, 4.69) is 15.4 Å². The molecule has 0 spiro atoms. The standard InChI is InChI=1S/C20H22F3N3O3/c1-26(14-16-7-9-17(10-8-16)29-20(21,22)23)12-11-18(27)25-19(28)24-13-15-5-3-2-4-6-15/h2-10H,11-14H2,1H3,(H2,24,25,27,28). The second-order valence-corrected chi connectivity index (χ2v) is 6.40. The van der Waals surface area contributed by atoms with E-state index in [-0.39, 0.29) is 12.2 Å². The third kappa shape index (κ3) is 9.11. The highest BCUT2D eigenvalue weighted by Crippen LogP contribution is 2.22. The molecule has 0 radical (unpaired) electrons. The van der Waals surface area contributed by atoms with Crippen molar-refractivity contribution in [3.63, 3.8) is 0 Å². The van der Waals surface area contributed by atoms with E-state index in [9.17, 15) is 22.8 Å². The van der Waals surface area contributed by atoms with Crippen molar-refractivity contribution in [1.82, 2.24) is 15.5 Å². The van der Waals surface area contributed by atoms with E-state index in [0.717, 1.165) is 11.1 Å². The van der Waals surface area contributed by atoms with Crippen LogP contribution in [0.1, 0.15) is 17.5 Å². The van der Waals surface area contributed by atoms with Gasteiger partial charge in [-0.2, -0.15) is 0 Å². The number of carbonyl (C=O) groups excluding carboxylic acids is 2. The second kappa shape index (κ2) is 10.5. The van der Waals surface area contributed by atoms with E-state index < -0.39 is 18.3 Å². The molecule has 0 aliphatic heterocycles. The molecule has 3 amide bonds. The number of benzene rings is 2. The molecule has 9 heteroatoms. The van der Waals surface area contributed by atoms with Crippen LogP contribution < -0.4 is 15.4 Å². The molecule has 2 rings (SSSR count). The summed E-state index contributed by atoms with van der Waals surface area (Å²) < 4.78 is 40.3. The van der Waals surface area contributed by atoms with Crippen molar-refractivity contribution in [2.45, 2.75) is 25.9 Å². The minimum Gasteiger partial charge on any atom is -0.406 e. The normalized spacial score (nSPS) is 11.2. The van der Waals surface area contributed by atoms with Gasteiger partial charge in [-0.05, 0) is 30.3 Å². The van der Waals surface area contributed by atoms with Gasteiger partial charge < -0.3 is 15.0 Å². The van der Waals surface area contributed by atoms with Crippen LogP contribution in [-0.4, -0.2) is 36.8 Å². The van der Waals surface area contributed by atoms with Gasteiger partial charge in [0.05, 0.1) is 0 Å². The Morgan fingerprint density at radius 3 is 2.28 bits per heavy atom. The monoisotopic (exact) mass is 409 g/mol. The minimum atomic E-state index is -4.72. The zero-order valence-electron chi connectivity index (χ0n) is 15.8. The lowest BCUT2D eigenvalue weighted by Gasteiger charge is -2.17. The zero-order chi connectivity index (χ0) is 21.3. The molecule has 0 fully saturated rings. The van der Waals surface area contributed by atoms with Crippen molar-refractivity contribution >= 4 is 11.9 Å². The number of alkyl halides is 3. The predicted octanol–water partition coefficient (Wildman–Crippen LogP) is 3.43. The van der Waals surface area contributed by atoms with Crippen molar-refractivity contribution in [3.05, 3.63) is 65.7 Å². The van der Waals surface area contributed by atoms with Crippen LogP contribution in [-0.2, 0) is 17.9 Å². The summed E-state index contributed by atoms with van der Waals surface area (Å²) in [7, 11) is 1.77. The van der Waals surface area contributed by atoms with E-state index >= 15 is 0 Å². The first kappa shape index (κ1) is 22.2. The van der Waals surface area contributed by atoms with Gasteiger partial charge in [0, 0.05) is 26.1 Å². The van der Waals surface area contributed by atoms with Crippen LogP contribution in [0, 0.1) is 0 Å². The SMILES string of the molecule is CN(CCC(=O)NC(=O)NCc1ccccc1)Cc1ccc(OC(F)(F)F)cc1. The molecule has 0 aliphatic carbocycles. The number of imide groups is 1. The minimum absolute atomic E-state index is 0.102. The zero-order valence-corrected chi connectivity index (χ0v) is 15.8. The van der Waals surface area contributed by atoms with Gasteiger partial charge in [-0.25, -0.2) is 4.79 Å². The number of halogens is 3. The lowest BCUT2D eigenvalue weighted by Crippen LogP contribution is -2.40. The fourth-order valence-electron chi connectivity index (χ4n) is 2.49. The van der Waals surface area contributed by atoms with Gasteiger partial charge in [-0.3, -0.25) is 10.1 Å². The molecule has 6 nitrogen and oxygen atoms in total. The van der Waals surface area contributed by atoms with Crippen LogP contribution in [0.15, 0.2) is 54.6 Å². The van der Waals surface area contributed by atoms with Gasteiger partial charge in [0.15, 0.2) is 0 Å². The van der Waals surface area contributed by atoms with Gasteiger partial charge in [-0.15, -0.1) is 13.2 Å². The van der Waals surface area contributed by atoms with Crippen LogP contribution >= 0.6 is 0 Å². The Labute approximate surface area is 166 Å². The van der Waals surface area contributed by atoms with Gasteiger partial charge in [0.1, 0.15) is 5.75 Å². The van der Waals surface area contributed by atoms with Crippen molar-refractivity contribution in [3.8, 4) is 5.75 Å². The largest absolute Gasteiger partial charge is 0.573 e. The highest BCUT2D eigenvalue weighted by Gasteiger charge is 2.30.